The lowest BCUT2D eigenvalue weighted by molar-refractivity contribution is -0.110. The van der Waals surface area contributed by atoms with Gasteiger partial charge in [0.15, 0.2) is 0 Å². The van der Waals surface area contributed by atoms with Gasteiger partial charge in [-0.2, -0.15) is 0 Å². The van der Waals surface area contributed by atoms with E-state index < -0.39 is 0 Å². The number of aryl methyl sites for hydroxylation is 2. The van der Waals surface area contributed by atoms with Crippen LogP contribution in [0.3, 0.4) is 0 Å². The van der Waals surface area contributed by atoms with Crippen molar-refractivity contribution in [3.05, 3.63) is 81.5 Å². The number of benzene rings is 2. The molecule has 2 N–H and O–H groups in total. The summed E-state index contributed by atoms with van der Waals surface area (Å²) in [6.07, 6.45) is 1.87. The number of carbonyl (C=O) groups excluding carboxylic acids is 2. The van der Waals surface area contributed by atoms with E-state index >= 15 is 0 Å². The summed E-state index contributed by atoms with van der Waals surface area (Å²) in [7, 11) is 2.08. The number of hydrogen-bond acceptors (Lipinski definition) is 5. The molecule has 4 heterocycles. The van der Waals surface area contributed by atoms with E-state index in [9.17, 15) is 9.59 Å². The third kappa shape index (κ3) is 4.70. The van der Waals surface area contributed by atoms with Crippen molar-refractivity contribution in [3.8, 4) is 21.8 Å². The number of piperazine rings is 1. The summed E-state index contributed by atoms with van der Waals surface area (Å²) in [4.78, 5) is 38.8. The number of amides is 2. The maximum Gasteiger partial charge on any atom is 0.256 e. The lowest BCUT2D eigenvalue weighted by Crippen LogP contribution is -2.47. The first-order chi connectivity index (χ1) is 18.8. The van der Waals surface area contributed by atoms with Crippen LogP contribution in [-0.2, 0) is 4.79 Å². The van der Waals surface area contributed by atoms with Crippen LogP contribution in [0.5, 0.6) is 0 Å². The fourth-order valence-electron chi connectivity index (χ4n) is 5.28. The minimum atomic E-state index is -0.153. The van der Waals surface area contributed by atoms with Crippen molar-refractivity contribution in [2.24, 2.45) is 0 Å². The van der Waals surface area contributed by atoms with Crippen molar-refractivity contribution in [2.75, 3.05) is 38.5 Å². The highest BCUT2D eigenvalue weighted by Gasteiger charge is 2.28. The fourth-order valence-corrected chi connectivity index (χ4v) is 6.11. The van der Waals surface area contributed by atoms with Crippen LogP contribution < -0.4 is 5.32 Å². The zero-order valence-corrected chi connectivity index (χ0v) is 23.4. The number of rotatable bonds is 4. The first-order valence-corrected chi connectivity index (χ1v) is 14.0. The number of likely N-dealkylation sites (N-methyl/N-ethyl adjacent to an activating group) is 1. The summed E-state index contributed by atoms with van der Waals surface area (Å²) in [6.45, 7) is 9.13. The van der Waals surface area contributed by atoms with Gasteiger partial charge in [0.05, 0.1) is 16.8 Å². The molecule has 0 radical (unpaired) electrons. The van der Waals surface area contributed by atoms with Crippen molar-refractivity contribution in [2.45, 2.75) is 20.8 Å². The minimum Gasteiger partial charge on any atom is -0.358 e. The second kappa shape index (κ2) is 9.94. The summed E-state index contributed by atoms with van der Waals surface area (Å²) in [6, 6.07) is 14.3. The molecule has 0 spiro atoms. The second-order valence-corrected chi connectivity index (χ2v) is 11.3. The number of nitrogens with one attached hydrogen (secondary N) is 2. The van der Waals surface area contributed by atoms with Crippen LogP contribution in [0.2, 0.25) is 0 Å². The molecule has 2 amide bonds. The van der Waals surface area contributed by atoms with Gasteiger partial charge in [-0.15, -0.1) is 11.3 Å². The molecule has 8 heteroatoms. The van der Waals surface area contributed by atoms with Gasteiger partial charge in [-0.05, 0) is 51.6 Å². The molecule has 39 heavy (non-hydrogen) atoms. The van der Waals surface area contributed by atoms with E-state index in [2.05, 4.69) is 58.8 Å². The van der Waals surface area contributed by atoms with Gasteiger partial charge in [-0.25, -0.2) is 4.98 Å². The normalized spacial score (nSPS) is 16.6. The molecule has 7 nitrogen and oxygen atoms in total. The number of nitrogens with zero attached hydrogens (tertiary/aromatic N) is 3. The summed E-state index contributed by atoms with van der Waals surface area (Å²) < 4.78 is 0. The Labute approximate surface area is 232 Å². The molecule has 0 aliphatic carbocycles. The van der Waals surface area contributed by atoms with Crippen molar-refractivity contribution < 1.29 is 9.59 Å². The van der Waals surface area contributed by atoms with Crippen LogP contribution >= 0.6 is 11.3 Å². The number of thiazole rings is 1. The molecule has 0 saturated carbocycles. The molecule has 2 aliphatic heterocycles. The topological polar surface area (TPSA) is 81.3 Å². The largest absolute Gasteiger partial charge is 0.358 e. The standard InChI is InChI=1S/C31H31N5O2S/c1-18-5-7-21(8-6-18)30-34-27(17-39-30)22-9-10-25-23(15-22)24(29(37)33-25)16-26-19(2)28(20(3)32-26)31(38)36-13-11-35(4)12-14-36/h5-10,15-17,32H,11-14H2,1-4H3,(H,33,37)/b24-16-. The summed E-state index contributed by atoms with van der Waals surface area (Å²) in [5.74, 6) is -0.107. The van der Waals surface area contributed by atoms with Gasteiger partial charge in [0.1, 0.15) is 5.01 Å². The van der Waals surface area contributed by atoms with E-state index in [0.717, 1.165) is 76.2 Å². The Hall–Kier alpha value is -4.01. The van der Waals surface area contributed by atoms with Crippen molar-refractivity contribution in [1.29, 1.82) is 0 Å². The molecule has 2 aromatic carbocycles. The summed E-state index contributed by atoms with van der Waals surface area (Å²) in [5, 5.41) is 6.00. The second-order valence-electron chi connectivity index (χ2n) is 10.4. The highest BCUT2D eigenvalue weighted by atomic mass is 32.1. The lowest BCUT2D eigenvalue weighted by Gasteiger charge is -2.32. The van der Waals surface area contributed by atoms with Crippen LogP contribution in [0.4, 0.5) is 5.69 Å². The van der Waals surface area contributed by atoms with E-state index in [1.165, 1.54) is 5.56 Å². The first-order valence-electron chi connectivity index (χ1n) is 13.2. The van der Waals surface area contributed by atoms with Crippen LogP contribution in [0, 0.1) is 20.8 Å². The molecular formula is C31H31N5O2S. The number of H-pyrrole nitrogens is 1. The average molecular weight is 538 g/mol. The minimum absolute atomic E-state index is 0.0467. The molecule has 1 fully saturated rings. The van der Waals surface area contributed by atoms with E-state index in [4.69, 9.17) is 4.98 Å². The quantitative estimate of drug-likeness (QED) is 0.332. The molecule has 2 aliphatic rings. The smallest absolute Gasteiger partial charge is 0.256 e. The van der Waals surface area contributed by atoms with Gasteiger partial charge in [-0.3, -0.25) is 9.59 Å². The third-order valence-corrected chi connectivity index (χ3v) is 8.56. The first kappa shape index (κ1) is 25.3. The summed E-state index contributed by atoms with van der Waals surface area (Å²) >= 11 is 1.61. The predicted octanol–water partition coefficient (Wildman–Crippen LogP) is 5.61. The highest BCUT2D eigenvalue weighted by Crippen LogP contribution is 2.38. The lowest BCUT2D eigenvalue weighted by atomic mass is 10.0. The molecule has 4 aromatic rings. The molecular weight excluding hydrogens is 506 g/mol. The highest BCUT2D eigenvalue weighted by molar-refractivity contribution is 7.13. The number of carbonyl (C=O) groups is 2. The third-order valence-electron chi connectivity index (χ3n) is 7.67. The zero-order valence-electron chi connectivity index (χ0n) is 22.6. The SMILES string of the molecule is Cc1ccc(-c2nc(-c3ccc4c(c3)/C(=C/c3[nH]c(C)c(C(=O)N5CCN(C)CC5)c3C)C(=O)N4)cs2)cc1. The molecule has 198 valence electrons. The Bertz CT molecular complexity index is 1620. The molecule has 1 saturated heterocycles. The van der Waals surface area contributed by atoms with Crippen LogP contribution in [0.15, 0.2) is 47.8 Å². The zero-order chi connectivity index (χ0) is 27.3. The summed E-state index contributed by atoms with van der Waals surface area (Å²) in [5.41, 5.74) is 9.49. The number of fused-ring (bicyclic) bond motifs is 1. The van der Waals surface area contributed by atoms with E-state index in [1.54, 1.807) is 11.3 Å². The van der Waals surface area contributed by atoms with Gasteiger partial charge < -0.3 is 20.1 Å². The number of aromatic amines is 1. The van der Waals surface area contributed by atoms with E-state index in [0.29, 0.717) is 11.1 Å². The van der Waals surface area contributed by atoms with Gasteiger partial charge in [-0.1, -0.05) is 35.9 Å². The Balaban J connectivity index is 1.31. The van der Waals surface area contributed by atoms with Crippen LogP contribution in [-0.4, -0.2) is 64.8 Å². The Kier molecular flexibility index (Phi) is 6.45. The van der Waals surface area contributed by atoms with Gasteiger partial charge in [0, 0.05) is 65.3 Å². The molecule has 0 bridgehead atoms. The van der Waals surface area contributed by atoms with Crippen LogP contribution in [0.1, 0.15) is 38.4 Å². The molecule has 0 atom stereocenters. The van der Waals surface area contributed by atoms with Crippen LogP contribution in [0.25, 0.3) is 33.5 Å². The maximum atomic E-state index is 13.4. The fraction of sp³-hybridized carbons (Fsp3) is 0.258. The Morgan fingerprint density at radius 3 is 2.46 bits per heavy atom. The predicted molar refractivity (Wildman–Crippen MR) is 158 cm³/mol. The average Bonchev–Trinajstić information content (AvgIpc) is 3.61. The van der Waals surface area contributed by atoms with E-state index in [-0.39, 0.29) is 11.8 Å². The van der Waals surface area contributed by atoms with Crippen molar-refractivity contribution in [1.82, 2.24) is 19.8 Å². The van der Waals surface area contributed by atoms with Gasteiger partial charge in [0.25, 0.3) is 11.8 Å². The number of aromatic nitrogens is 2. The molecule has 6 rings (SSSR count). The van der Waals surface area contributed by atoms with Gasteiger partial charge >= 0.3 is 0 Å². The molecule has 2 aromatic heterocycles. The van der Waals surface area contributed by atoms with E-state index in [1.807, 2.05) is 43.0 Å². The van der Waals surface area contributed by atoms with Crippen molar-refractivity contribution in [3.63, 3.8) is 0 Å². The number of anilines is 1. The Morgan fingerprint density at radius 1 is 1.00 bits per heavy atom. The van der Waals surface area contributed by atoms with Crippen molar-refractivity contribution >= 4 is 40.5 Å². The maximum absolute atomic E-state index is 13.4. The van der Waals surface area contributed by atoms with Gasteiger partial charge in [0.2, 0.25) is 0 Å². The Morgan fingerprint density at radius 2 is 1.72 bits per heavy atom. The molecule has 0 unspecified atom stereocenters. The number of hydrogen-bond donors (Lipinski definition) is 2. The monoisotopic (exact) mass is 537 g/mol.